The Bertz CT molecular complexity index is 995. The van der Waals surface area contributed by atoms with Crippen molar-refractivity contribution in [2.45, 2.75) is 144 Å². The molecule has 4 fully saturated rings. The molecule has 0 radical (unpaired) electrons. The van der Waals surface area contributed by atoms with E-state index in [1.165, 1.54) is 13.8 Å². The van der Waals surface area contributed by atoms with Gasteiger partial charge >= 0.3 is 0 Å². The molecule has 20 heteroatoms. The molecule has 20 nitrogen and oxygen atoms in total. The zero-order chi connectivity index (χ0) is 34.2. The first-order chi connectivity index (χ1) is 21.6. The van der Waals surface area contributed by atoms with E-state index in [-0.39, 0.29) is 0 Å². The Hall–Kier alpha value is -1.25. The molecule has 4 saturated heterocycles. The molecule has 0 aromatic heterocycles. The second kappa shape index (κ2) is 15.5. The maximum atomic E-state index is 12.3. The van der Waals surface area contributed by atoms with E-state index < -0.39 is 142 Å². The van der Waals surface area contributed by atoms with Crippen LogP contribution in [0.4, 0.5) is 0 Å². The predicted octanol–water partition coefficient (Wildman–Crippen LogP) is -7.55. The minimum Gasteiger partial charge on any atom is -0.394 e. The SMILES string of the molecule is CC(=O)N[C@H]1[C@H](O[C@@H]2[C@H](O[C@H]3O[C@H](CO)[C@@H](O)[C@H](O)[C@H]3O)[C@@H](O)[C@H](C)O[C@H]2O)O[C@H](CO)[C@@H](O)[C@@H]1O[C@@H]1O[C@@H](C)[C@H](O)[C@@H](O)[C@H]1O. The van der Waals surface area contributed by atoms with E-state index in [1.54, 1.807) is 0 Å². The van der Waals surface area contributed by atoms with E-state index in [1.807, 2.05) is 0 Å². The van der Waals surface area contributed by atoms with Crippen molar-refractivity contribution in [1.29, 1.82) is 0 Å². The van der Waals surface area contributed by atoms with Crippen molar-refractivity contribution >= 4 is 5.91 Å². The van der Waals surface area contributed by atoms with Crippen LogP contribution in [0.2, 0.25) is 0 Å². The molecular formula is C26H45NO19. The molecule has 0 aromatic carbocycles. The van der Waals surface area contributed by atoms with Crippen LogP contribution in [0.3, 0.4) is 0 Å². The van der Waals surface area contributed by atoms with Crippen molar-refractivity contribution in [3.63, 3.8) is 0 Å². The maximum absolute atomic E-state index is 12.3. The number of hydrogen-bond acceptors (Lipinski definition) is 19. The molecular weight excluding hydrogens is 630 g/mol. The van der Waals surface area contributed by atoms with Gasteiger partial charge in [0.15, 0.2) is 25.2 Å². The van der Waals surface area contributed by atoms with Gasteiger partial charge < -0.3 is 94.6 Å². The van der Waals surface area contributed by atoms with Crippen LogP contribution in [0.15, 0.2) is 0 Å². The summed E-state index contributed by atoms with van der Waals surface area (Å²) in [6.45, 7) is 2.23. The standard InChI is InChI=1S/C26H45NO19/c1-6-12(31)16(35)18(37)25(41-6)44-20-11(27-8(3)30)24(42-10(5-29)15(20)34)46-22-21(13(32)7(2)40-23(22)39)45-26-19(38)17(36)14(33)9(4-28)43-26/h6-7,9-26,28-29,31-39H,4-5H2,1-3H3,(H,27,30)/t6-,7-,9+,10+,11+,12-,13-,14+,15+,16+,17-,18+,19+,20+,21+,22+,23+,24-,25-,26+/m0/s1. The predicted molar refractivity (Wildman–Crippen MR) is 143 cm³/mol. The Morgan fingerprint density at radius 3 is 1.63 bits per heavy atom. The minimum atomic E-state index is -1.90. The maximum Gasteiger partial charge on any atom is 0.217 e. The molecule has 0 unspecified atom stereocenters. The third-order valence-corrected chi connectivity index (χ3v) is 8.53. The third kappa shape index (κ3) is 7.64. The summed E-state index contributed by atoms with van der Waals surface area (Å²) in [4.78, 5) is 12.3. The molecule has 0 aromatic rings. The largest absolute Gasteiger partial charge is 0.394 e. The minimum absolute atomic E-state index is 0.706. The molecule has 4 rings (SSSR count). The lowest BCUT2D eigenvalue weighted by Crippen LogP contribution is -2.70. The van der Waals surface area contributed by atoms with Gasteiger partial charge in [0.05, 0.1) is 25.4 Å². The van der Waals surface area contributed by atoms with Crippen LogP contribution < -0.4 is 5.32 Å². The van der Waals surface area contributed by atoms with E-state index in [9.17, 15) is 61.0 Å². The first-order valence-electron chi connectivity index (χ1n) is 14.8. The Morgan fingerprint density at radius 1 is 0.565 bits per heavy atom. The number of rotatable bonds is 9. The third-order valence-electron chi connectivity index (χ3n) is 8.53. The van der Waals surface area contributed by atoms with Crippen molar-refractivity contribution in [2.24, 2.45) is 0 Å². The van der Waals surface area contributed by atoms with Crippen LogP contribution in [0.1, 0.15) is 20.8 Å². The molecule has 4 aliphatic heterocycles. The van der Waals surface area contributed by atoms with Crippen LogP contribution in [0.25, 0.3) is 0 Å². The highest BCUT2D eigenvalue weighted by molar-refractivity contribution is 5.73. The quantitative estimate of drug-likeness (QED) is 0.108. The molecule has 20 atom stereocenters. The molecule has 268 valence electrons. The van der Waals surface area contributed by atoms with Crippen LogP contribution in [-0.4, -0.2) is 198 Å². The highest BCUT2D eigenvalue weighted by Crippen LogP contribution is 2.34. The van der Waals surface area contributed by atoms with Gasteiger partial charge in [-0.3, -0.25) is 4.79 Å². The Morgan fingerprint density at radius 2 is 1.04 bits per heavy atom. The number of aliphatic hydroxyl groups excluding tert-OH is 11. The van der Waals surface area contributed by atoms with E-state index in [0.717, 1.165) is 6.92 Å². The fraction of sp³-hybridized carbons (Fsp3) is 0.962. The molecule has 4 aliphatic rings. The Balaban J connectivity index is 1.63. The summed E-state index contributed by atoms with van der Waals surface area (Å²) in [6.07, 6.45) is -30.9. The van der Waals surface area contributed by atoms with Gasteiger partial charge in [-0.15, -0.1) is 0 Å². The number of carbonyl (C=O) groups excluding carboxylic acids is 1. The Kier molecular flexibility index (Phi) is 12.7. The number of carbonyl (C=O) groups is 1. The Labute approximate surface area is 262 Å². The highest BCUT2D eigenvalue weighted by Gasteiger charge is 2.55. The second-order valence-electron chi connectivity index (χ2n) is 11.8. The van der Waals surface area contributed by atoms with Gasteiger partial charge in [-0.2, -0.15) is 0 Å². The fourth-order valence-electron chi connectivity index (χ4n) is 5.81. The molecule has 46 heavy (non-hydrogen) atoms. The van der Waals surface area contributed by atoms with Crippen LogP contribution in [0.5, 0.6) is 0 Å². The van der Waals surface area contributed by atoms with Gasteiger partial charge in [-0.25, -0.2) is 0 Å². The first kappa shape index (κ1) is 37.6. The van der Waals surface area contributed by atoms with Crippen LogP contribution in [0, 0.1) is 0 Å². The topological polar surface area (TPSA) is 316 Å². The van der Waals surface area contributed by atoms with Crippen LogP contribution in [-0.2, 0) is 38.0 Å². The van der Waals surface area contributed by atoms with Gasteiger partial charge in [-0.05, 0) is 13.8 Å². The highest BCUT2D eigenvalue weighted by atomic mass is 16.8. The zero-order valence-electron chi connectivity index (χ0n) is 25.1. The summed E-state index contributed by atoms with van der Waals surface area (Å²) >= 11 is 0. The summed E-state index contributed by atoms with van der Waals surface area (Å²) in [5, 5.41) is 117. The molecule has 0 aliphatic carbocycles. The van der Waals surface area contributed by atoms with Crippen molar-refractivity contribution in [3.05, 3.63) is 0 Å². The monoisotopic (exact) mass is 675 g/mol. The van der Waals surface area contributed by atoms with Crippen molar-refractivity contribution in [2.75, 3.05) is 13.2 Å². The van der Waals surface area contributed by atoms with Gasteiger partial charge in [0.1, 0.15) is 85.4 Å². The summed E-state index contributed by atoms with van der Waals surface area (Å²) in [5.41, 5.74) is 0. The molecule has 0 bridgehead atoms. The summed E-state index contributed by atoms with van der Waals surface area (Å²) in [5.74, 6) is -0.706. The summed E-state index contributed by atoms with van der Waals surface area (Å²) in [6, 6.07) is -1.51. The average Bonchev–Trinajstić information content (AvgIpc) is 3.01. The van der Waals surface area contributed by atoms with Crippen LogP contribution >= 0.6 is 0 Å². The van der Waals surface area contributed by atoms with Gasteiger partial charge in [0.2, 0.25) is 5.91 Å². The summed E-state index contributed by atoms with van der Waals surface area (Å²) < 4.78 is 39.4. The smallest absolute Gasteiger partial charge is 0.217 e. The molecule has 0 spiro atoms. The van der Waals surface area contributed by atoms with Gasteiger partial charge in [0.25, 0.3) is 0 Å². The second-order valence-corrected chi connectivity index (χ2v) is 11.8. The van der Waals surface area contributed by atoms with E-state index in [0.29, 0.717) is 0 Å². The summed E-state index contributed by atoms with van der Waals surface area (Å²) in [7, 11) is 0. The number of hydrogen-bond donors (Lipinski definition) is 12. The van der Waals surface area contributed by atoms with Crippen molar-refractivity contribution in [1.82, 2.24) is 5.32 Å². The van der Waals surface area contributed by atoms with Gasteiger partial charge in [-0.1, -0.05) is 0 Å². The van der Waals surface area contributed by atoms with Crippen molar-refractivity contribution in [3.8, 4) is 0 Å². The molecule has 0 saturated carbocycles. The van der Waals surface area contributed by atoms with E-state index in [2.05, 4.69) is 5.32 Å². The number of nitrogens with one attached hydrogen (secondary N) is 1. The zero-order valence-corrected chi connectivity index (χ0v) is 25.1. The van der Waals surface area contributed by atoms with E-state index in [4.69, 9.17) is 33.2 Å². The van der Waals surface area contributed by atoms with Crippen molar-refractivity contribution < 1.29 is 94.1 Å². The lowest BCUT2D eigenvalue weighted by Gasteiger charge is -2.50. The number of aliphatic hydroxyl groups is 11. The molecule has 1 amide bonds. The van der Waals surface area contributed by atoms with Gasteiger partial charge in [0, 0.05) is 6.92 Å². The molecule has 12 N–H and O–H groups in total. The normalized spacial score (nSPS) is 51.9. The fourth-order valence-corrected chi connectivity index (χ4v) is 5.81. The number of amides is 1. The molecule has 4 heterocycles. The lowest BCUT2D eigenvalue weighted by molar-refractivity contribution is -0.385. The average molecular weight is 676 g/mol. The first-order valence-corrected chi connectivity index (χ1v) is 14.8. The van der Waals surface area contributed by atoms with E-state index >= 15 is 0 Å². The lowest BCUT2D eigenvalue weighted by atomic mass is 9.94. The number of ether oxygens (including phenoxy) is 7.